The lowest BCUT2D eigenvalue weighted by Gasteiger charge is -2.42. The number of thiophene rings is 1. The third-order valence-corrected chi connectivity index (χ3v) is 5.74. The summed E-state index contributed by atoms with van der Waals surface area (Å²) in [5, 5.41) is 3.00. The molecule has 0 fully saturated rings. The molecule has 0 aliphatic carbocycles. The van der Waals surface area contributed by atoms with Crippen molar-refractivity contribution in [2.24, 2.45) is 5.73 Å². The monoisotopic (exact) mass is 320 g/mol. The summed E-state index contributed by atoms with van der Waals surface area (Å²) in [6.45, 7) is 5.38. The first-order chi connectivity index (χ1) is 10.1. The van der Waals surface area contributed by atoms with Gasteiger partial charge in [0.2, 0.25) is 0 Å². The van der Waals surface area contributed by atoms with E-state index in [1.165, 1.54) is 10.4 Å². The minimum absolute atomic E-state index is 0.0348. The first kappa shape index (κ1) is 15.0. The van der Waals surface area contributed by atoms with Gasteiger partial charge in [0.15, 0.2) is 0 Å². The molecule has 0 spiro atoms. The van der Waals surface area contributed by atoms with Gasteiger partial charge in [-0.15, -0.1) is 11.3 Å². The molecule has 112 valence electrons. The van der Waals surface area contributed by atoms with Crippen molar-refractivity contribution in [3.05, 3.63) is 56.7 Å². The summed E-state index contributed by atoms with van der Waals surface area (Å²) in [4.78, 5) is 4.02. The molecule has 1 aliphatic heterocycles. The average Bonchev–Trinajstić information content (AvgIpc) is 2.92. The van der Waals surface area contributed by atoms with Crippen molar-refractivity contribution in [2.75, 3.05) is 6.54 Å². The highest BCUT2D eigenvalue weighted by Crippen LogP contribution is 2.40. The van der Waals surface area contributed by atoms with E-state index in [-0.39, 0.29) is 12.1 Å². The van der Waals surface area contributed by atoms with E-state index in [9.17, 15) is 0 Å². The van der Waals surface area contributed by atoms with Gasteiger partial charge in [-0.25, -0.2) is 0 Å². The van der Waals surface area contributed by atoms with Crippen LogP contribution in [0.4, 0.5) is 0 Å². The largest absolute Gasteiger partial charge is 0.326 e. The SMILES string of the molecule is CC(N)C(c1ccccc1Cl)N1CCc2sccc2C1C. The van der Waals surface area contributed by atoms with Crippen LogP contribution in [-0.4, -0.2) is 17.5 Å². The predicted molar refractivity (Wildman–Crippen MR) is 91.0 cm³/mol. The molecule has 2 N–H and O–H groups in total. The van der Waals surface area contributed by atoms with Crippen LogP contribution in [0.25, 0.3) is 0 Å². The van der Waals surface area contributed by atoms with Crippen molar-refractivity contribution in [2.45, 2.75) is 38.4 Å². The summed E-state index contributed by atoms with van der Waals surface area (Å²) in [5.41, 5.74) is 8.91. The molecule has 0 saturated carbocycles. The van der Waals surface area contributed by atoms with Gasteiger partial charge in [-0.05, 0) is 48.9 Å². The van der Waals surface area contributed by atoms with Crippen LogP contribution in [0, 0.1) is 0 Å². The summed E-state index contributed by atoms with van der Waals surface area (Å²) in [7, 11) is 0. The van der Waals surface area contributed by atoms with Crippen molar-refractivity contribution >= 4 is 22.9 Å². The Balaban J connectivity index is 1.98. The van der Waals surface area contributed by atoms with Crippen molar-refractivity contribution in [3.63, 3.8) is 0 Å². The first-order valence-corrected chi connectivity index (χ1v) is 8.67. The zero-order valence-electron chi connectivity index (χ0n) is 12.4. The van der Waals surface area contributed by atoms with Gasteiger partial charge in [-0.2, -0.15) is 0 Å². The number of halogens is 1. The lowest BCUT2D eigenvalue weighted by molar-refractivity contribution is 0.119. The molecule has 1 aromatic heterocycles. The third kappa shape index (κ3) is 2.76. The van der Waals surface area contributed by atoms with Gasteiger partial charge in [-0.1, -0.05) is 29.8 Å². The Labute approximate surface area is 135 Å². The Morgan fingerprint density at radius 1 is 1.33 bits per heavy atom. The van der Waals surface area contributed by atoms with E-state index < -0.39 is 0 Å². The van der Waals surface area contributed by atoms with E-state index in [0.29, 0.717) is 6.04 Å². The molecule has 2 nitrogen and oxygen atoms in total. The Bertz CT molecular complexity index is 623. The van der Waals surface area contributed by atoms with E-state index >= 15 is 0 Å². The van der Waals surface area contributed by atoms with Gasteiger partial charge in [0.25, 0.3) is 0 Å². The average molecular weight is 321 g/mol. The van der Waals surface area contributed by atoms with Gasteiger partial charge in [0, 0.05) is 28.5 Å². The molecule has 0 amide bonds. The summed E-state index contributed by atoms with van der Waals surface area (Å²) in [6.07, 6.45) is 1.10. The summed E-state index contributed by atoms with van der Waals surface area (Å²) in [6, 6.07) is 10.9. The van der Waals surface area contributed by atoms with E-state index in [4.69, 9.17) is 17.3 Å². The lowest BCUT2D eigenvalue weighted by Crippen LogP contribution is -2.43. The van der Waals surface area contributed by atoms with E-state index in [1.807, 2.05) is 29.5 Å². The van der Waals surface area contributed by atoms with E-state index in [1.54, 1.807) is 0 Å². The van der Waals surface area contributed by atoms with Crippen molar-refractivity contribution < 1.29 is 0 Å². The molecule has 2 heterocycles. The number of fused-ring (bicyclic) bond motifs is 1. The van der Waals surface area contributed by atoms with Gasteiger partial charge < -0.3 is 5.73 Å². The molecular weight excluding hydrogens is 300 g/mol. The maximum Gasteiger partial charge on any atom is 0.0517 e. The van der Waals surface area contributed by atoms with Gasteiger partial charge in [0.1, 0.15) is 0 Å². The van der Waals surface area contributed by atoms with Crippen molar-refractivity contribution in [1.29, 1.82) is 0 Å². The second kappa shape index (κ2) is 6.09. The summed E-state index contributed by atoms with van der Waals surface area (Å²) >= 11 is 8.30. The van der Waals surface area contributed by atoms with Gasteiger partial charge in [0.05, 0.1) is 6.04 Å². The number of hydrogen-bond donors (Lipinski definition) is 1. The number of nitrogens with two attached hydrogens (primary N) is 1. The summed E-state index contributed by atoms with van der Waals surface area (Å²) in [5.74, 6) is 0. The van der Waals surface area contributed by atoms with Crippen LogP contribution in [0.3, 0.4) is 0 Å². The second-order valence-corrected chi connectivity index (χ2v) is 7.20. The molecule has 3 atom stereocenters. The van der Waals surface area contributed by atoms with Crippen LogP contribution < -0.4 is 5.73 Å². The minimum atomic E-state index is 0.0348. The first-order valence-electron chi connectivity index (χ1n) is 7.41. The van der Waals surface area contributed by atoms with Crippen molar-refractivity contribution in [1.82, 2.24) is 4.90 Å². The van der Waals surface area contributed by atoms with Crippen LogP contribution in [0.1, 0.15) is 41.9 Å². The highest BCUT2D eigenvalue weighted by atomic mass is 35.5. The van der Waals surface area contributed by atoms with E-state index in [2.05, 4.69) is 36.3 Å². The normalized spacial score (nSPS) is 21.8. The maximum absolute atomic E-state index is 6.43. The molecule has 4 heteroatoms. The highest BCUT2D eigenvalue weighted by Gasteiger charge is 2.33. The van der Waals surface area contributed by atoms with Gasteiger partial charge in [-0.3, -0.25) is 4.90 Å². The van der Waals surface area contributed by atoms with E-state index in [0.717, 1.165) is 23.6 Å². The van der Waals surface area contributed by atoms with Crippen LogP contribution >= 0.6 is 22.9 Å². The summed E-state index contributed by atoms with van der Waals surface area (Å²) < 4.78 is 0. The molecule has 21 heavy (non-hydrogen) atoms. The fourth-order valence-electron chi connectivity index (χ4n) is 3.39. The number of rotatable bonds is 3. The molecule has 0 radical (unpaired) electrons. The third-order valence-electron chi connectivity index (χ3n) is 4.40. The molecule has 1 aromatic carbocycles. The number of hydrogen-bond acceptors (Lipinski definition) is 3. The Hall–Kier alpha value is -0.870. The zero-order valence-corrected chi connectivity index (χ0v) is 14.0. The van der Waals surface area contributed by atoms with Crippen LogP contribution in [0.15, 0.2) is 35.7 Å². The number of benzene rings is 1. The lowest BCUT2D eigenvalue weighted by atomic mass is 9.92. The molecular formula is C17H21ClN2S. The molecule has 2 aromatic rings. The standard InChI is InChI=1S/C17H21ClN2S/c1-11(19)17(14-5-3-4-6-15(14)18)20-9-7-16-13(12(20)2)8-10-21-16/h3-6,8,10-12,17H,7,9,19H2,1-2H3. The Morgan fingerprint density at radius 2 is 2.10 bits per heavy atom. The molecule has 0 saturated heterocycles. The number of nitrogens with zero attached hydrogens (tertiary/aromatic N) is 1. The van der Waals surface area contributed by atoms with Crippen LogP contribution in [0.5, 0.6) is 0 Å². The quantitative estimate of drug-likeness (QED) is 0.907. The Morgan fingerprint density at radius 3 is 2.81 bits per heavy atom. The topological polar surface area (TPSA) is 29.3 Å². The predicted octanol–water partition coefficient (Wildman–Crippen LogP) is 4.41. The minimum Gasteiger partial charge on any atom is -0.326 e. The second-order valence-electron chi connectivity index (χ2n) is 5.79. The van der Waals surface area contributed by atoms with Crippen LogP contribution in [0.2, 0.25) is 5.02 Å². The molecule has 0 bridgehead atoms. The van der Waals surface area contributed by atoms with Crippen molar-refractivity contribution in [3.8, 4) is 0 Å². The fourth-order valence-corrected chi connectivity index (χ4v) is 4.60. The van der Waals surface area contributed by atoms with Gasteiger partial charge >= 0.3 is 0 Å². The Kier molecular flexibility index (Phi) is 4.36. The fraction of sp³-hybridized carbons (Fsp3) is 0.412. The molecule has 1 aliphatic rings. The molecule has 3 unspecified atom stereocenters. The highest BCUT2D eigenvalue weighted by molar-refractivity contribution is 7.10. The maximum atomic E-state index is 6.43. The van der Waals surface area contributed by atoms with Crippen LogP contribution in [-0.2, 0) is 6.42 Å². The zero-order chi connectivity index (χ0) is 15.0. The smallest absolute Gasteiger partial charge is 0.0517 e. The molecule has 3 rings (SSSR count).